The van der Waals surface area contributed by atoms with Gasteiger partial charge in [-0.2, -0.15) is 0 Å². The molecule has 0 saturated heterocycles. The normalized spacial score (nSPS) is 11.6. The molecule has 0 unspecified atom stereocenters. The molecule has 0 aromatic heterocycles. The molecular formula is C18H22N2O3. The van der Waals surface area contributed by atoms with E-state index in [-0.39, 0.29) is 0 Å². The first kappa shape index (κ1) is 16.7. The highest BCUT2D eigenvalue weighted by molar-refractivity contribution is 5.84. The molecule has 5 heteroatoms. The molecule has 2 aromatic rings. The lowest BCUT2D eigenvalue weighted by molar-refractivity contribution is -0.118. The van der Waals surface area contributed by atoms with E-state index >= 15 is 0 Å². The fourth-order valence-electron chi connectivity index (χ4n) is 2.27. The van der Waals surface area contributed by atoms with Crippen molar-refractivity contribution in [1.82, 2.24) is 0 Å². The summed E-state index contributed by atoms with van der Waals surface area (Å²) in [4.78, 5) is 11.8. The Hall–Kier alpha value is -2.69. The van der Waals surface area contributed by atoms with E-state index in [1.54, 1.807) is 0 Å². The third-order valence-corrected chi connectivity index (χ3v) is 3.27. The van der Waals surface area contributed by atoms with E-state index < -0.39 is 11.9 Å². The second-order valence-corrected chi connectivity index (χ2v) is 4.92. The van der Waals surface area contributed by atoms with Crippen molar-refractivity contribution in [3.63, 3.8) is 0 Å². The van der Waals surface area contributed by atoms with Crippen LogP contribution in [-0.4, -0.2) is 19.1 Å². The molecule has 3 N–H and O–H groups in total. The van der Waals surface area contributed by atoms with Crippen molar-refractivity contribution in [2.75, 3.05) is 18.5 Å². The number of benzene rings is 2. The van der Waals surface area contributed by atoms with Crippen molar-refractivity contribution in [2.24, 2.45) is 5.73 Å². The Bertz CT molecular complexity index is 644. The molecule has 0 spiro atoms. The van der Waals surface area contributed by atoms with Crippen molar-refractivity contribution in [1.29, 1.82) is 0 Å². The second-order valence-electron chi connectivity index (χ2n) is 4.92. The number of nitrogens with two attached hydrogens (primary N) is 1. The molecule has 0 heterocycles. The fourth-order valence-corrected chi connectivity index (χ4v) is 2.27. The van der Waals surface area contributed by atoms with Gasteiger partial charge in [-0.25, -0.2) is 0 Å². The van der Waals surface area contributed by atoms with Gasteiger partial charge in [-0.1, -0.05) is 30.3 Å². The maximum absolute atomic E-state index is 11.8. The molecule has 1 amide bonds. The van der Waals surface area contributed by atoms with Crippen LogP contribution in [0.4, 0.5) is 5.69 Å². The summed E-state index contributed by atoms with van der Waals surface area (Å²) in [7, 11) is 0. The standard InChI is InChI=1S/C18H22N2O3/c1-3-22-15-11-10-14(12-16(15)23-4-2)20-17(18(19)21)13-8-6-5-7-9-13/h5-12,17,20H,3-4H2,1-2H3,(H2,19,21)/t17-/m1/s1. The van der Waals surface area contributed by atoms with Crippen molar-refractivity contribution in [3.05, 3.63) is 54.1 Å². The number of carbonyl (C=O) groups excluding carboxylic acids is 1. The summed E-state index contributed by atoms with van der Waals surface area (Å²) < 4.78 is 11.1. The molecular weight excluding hydrogens is 292 g/mol. The van der Waals surface area contributed by atoms with Crippen LogP contribution < -0.4 is 20.5 Å². The Morgan fingerprint density at radius 1 is 1.04 bits per heavy atom. The number of amides is 1. The number of anilines is 1. The maximum atomic E-state index is 11.8. The first-order valence-electron chi connectivity index (χ1n) is 7.66. The summed E-state index contributed by atoms with van der Waals surface area (Å²) in [6.07, 6.45) is 0. The number of primary amides is 1. The van der Waals surface area contributed by atoms with Gasteiger partial charge in [0.2, 0.25) is 5.91 Å². The molecule has 23 heavy (non-hydrogen) atoms. The van der Waals surface area contributed by atoms with E-state index in [2.05, 4.69) is 5.32 Å². The van der Waals surface area contributed by atoms with Gasteiger partial charge in [0.05, 0.1) is 13.2 Å². The predicted molar refractivity (Wildman–Crippen MR) is 90.8 cm³/mol. The highest BCUT2D eigenvalue weighted by Crippen LogP contribution is 2.32. The summed E-state index contributed by atoms with van der Waals surface area (Å²) in [6, 6.07) is 14.2. The highest BCUT2D eigenvalue weighted by atomic mass is 16.5. The van der Waals surface area contributed by atoms with Crippen LogP contribution in [0.2, 0.25) is 0 Å². The van der Waals surface area contributed by atoms with Crippen LogP contribution in [0.3, 0.4) is 0 Å². The minimum atomic E-state index is -0.608. The van der Waals surface area contributed by atoms with Crippen LogP contribution >= 0.6 is 0 Å². The second kappa shape index (κ2) is 8.08. The summed E-state index contributed by atoms with van der Waals surface area (Å²) >= 11 is 0. The van der Waals surface area contributed by atoms with Gasteiger partial charge in [0.1, 0.15) is 6.04 Å². The Morgan fingerprint density at radius 2 is 1.70 bits per heavy atom. The van der Waals surface area contributed by atoms with Crippen LogP contribution in [0.5, 0.6) is 11.5 Å². The van der Waals surface area contributed by atoms with Crippen molar-refractivity contribution in [3.8, 4) is 11.5 Å². The average Bonchev–Trinajstić information content (AvgIpc) is 2.56. The molecule has 0 aliphatic carbocycles. The summed E-state index contributed by atoms with van der Waals surface area (Å²) in [5.41, 5.74) is 7.09. The summed E-state index contributed by atoms with van der Waals surface area (Å²) in [6.45, 7) is 4.91. The van der Waals surface area contributed by atoms with E-state index in [1.807, 2.05) is 62.4 Å². The number of carbonyl (C=O) groups is 1. The van der Waals surface area contributed by atoms with Crippen molar-refractivity contribution >= 4 is 11.6 Å². The zero-order chi connectivity index (χ0) is 16.7. The lowest BCUT2D eigenvalue weighted by atomic mass is 10.1. The van der Waals surface area contributed by atoms with Gasteiger partial charge >= 0.3 is 0 Å². The van der Waals surface area contributed by atoms with Crippen LogP contribution in [-0.2, 0) is 4.79 Å². The molecule has 0 fully saturated rings. The van der Waals surface area contributed by atoms with Crippen molar-refractivity contribution < 1.29 is 14.3 Å². The van der Waals surface area contributed by atoms with Gasteiger partial charge in [0.25, 0.3) is 0 Å². The third kappa shape index (κ3) is 4.39. The number of hydrogen-bond acceptors (Lipinski definition) is 4. The van der Waals surface area contributed by atoms with Gasteiger partial charge in [-0.05, 0) is 31.5 Å². The van der Waals surface area contributed by atoms with E-state index in [0.717, 1.165) is 11.3 Å². The number of rotatable bonds is 8. The average molecular weight is 314 g/mol. The van der Waals surface area contributed by atoms with Crippen molar-refractivity contribution in [2.45, 2.75) is 19.9 Å². The fraction of sp³-hybridized carbons (Fsp3) is 0.278. The smallest absolute Gasteiger partial charge is 0.244 e. The summed E-state index contributed by atoms with van der Waals surface area (Å²) in [5.74, 6) is 0.869. The predicted octanol–water partition coefficient (Wildman–Crippen LogP) is 3.12. The van der Waals surface area contributed by atoms with Gasteiger partial charge in [-0.3, -0.25) is 4.79 Å². The Labute approximate surface area is 136 Å². The largest absolute Gasteiger partial charge is 0.490 e. The first-order valence-corrected chi connectivity index (χ1v) is 7.66. The summed E-state index contributed by atoms with van der Waals surface area (Å²) in [5, 5.41) is 3.15. The molecule has 0 saturated carbocycles. The van der Waals surface area contributed by atoms with E-state index in [4.69, 9.17) is 15.2 Å². The minimum absolute atomic E-state index is 0.442. The third-order valence-electron chi connectivity index (χ3n) is 3.27. The molecule has 0 aliphatic rings. The molecule has 1 atom stereocenters. The lowest BCUT2D eigenvalue weighted by Gasteiger charge is -2.19. The molecule has 122 valence electrons. The first-order chi connectivity index (χ1) is 11.2. The van der Waals surface area contributed by atoms with Crippen LogP contribution in [0, 0.1) is 0 Å². The highest BCUT2D eigenvalue weighted by Gasteiger charge is 2.18. The molecule has 0 radical (unpaired) electrons. The SMILES string of the molecule is CCOc1ccc(N[C@@H](C(N)=O)c2ccccc2)cc1OCC. The zero-order valence-electron chi connectivity index (χ0n) is 13.4. The number of ether oxygens (including phenoxy) is 2. The van der Waals surface area contributed by atoms with E-state index in [1.165, 1.54) is 0 Å². The Morgan fingerprint density at radius 3 is 2.30 bits per heavy atom. The van der Waals surface area contributed by atoms with Gasteiger partial charge in [0, 0.05) is 11.8 Å². The monoisotopic (exact) mass is 314 g/mol. The van der Waals surface area contributed by atoms with Gasteiger partial charge < -0.3 is 20.5 Å². The van der Waals surface area contributed by atoms with Crippen LogP contribution in [0.1, 0.15) is 25.5 Å². The Kier molecular flexibility index (Phi) is 5.86. The molecule has 2 rings (SSSR count). The lowest BCUT2D eigenvalue weighted by Crippen LogP contribution is -2.27. The molecule has 2 aromatic carbocycles. The van der Waals surface area contributed by atoms with Crippen LogP contribution in [0.25, 0.3) is 0 Å². The Balaban J connectivity index is 2.26. The van der Waals surface area contributed by atoms with E-state index in [0.29, 0.717) is 24.7 Å². The minimum Gasteiger partial charge on any atom is -0.490 e. The van der Waals surface area contributed by atoms with Gasteiger partial charge in [-0.15, -0.1) is 0 Å². The van der Waals surface area contributed by atoms with E-state index in [9.17, 15) is 4.79 Å². The topological polar surface area (TPSA) is 73.6 Å². The maximum Gasteiger partial charge on any atom is 0.244 e. The molecule has 5 nitrogen and oxygen atoms in total. The molecule has 0 aliphatic heterocycles. The van der Waals surface area contributed by atoms with Crippen LogP contribution in [0.15, 0.2) is 48.5 Å². The molecule has 0 bridgehead atoms. The zero-order valence-corrected chi connectivity index (χ0v) is 13.4. The quantitative estimate of drug-likeness (QED) is 0.785. The number of nitrogens with one attached hydrogen (secondary N) is 1. The van der Waals surface area contributed by atoms with Gasteiger partial charge in [0.15, 0.2) is 11.5 Å². The number of hydrogen-bond donors (Lipinski definition) is 2.